The molecular formula is C13H18O2S. The fourth-order valence-corrected chi connectivity index (χ4v) is 2.90. The highest BCUT2D eigenvalue weighted by molar-refractivity contribution is 7.99. The van der Waals surface area contributed by atoms with Crippen LogP contribution in [-0.4, -0.2) is 22.7 Å². The molecule has 1 aliphatic rings. The van der Waals surface area contributed by atoms with Crippen molar-refractivity contribution in [2.24, 2.45) is 0 Å². The van der Waals surface area contributed by atoms with Crippen molar-refractivity contribution in [2.45, 2.75) is 32.0 Å². The van der Waals surface area contributed by atoms with E-state index in [9.17, 15) is 5.11 Å². The van der Waals surface area contributed by atoms with Gasteiger partial charge in [0.1, 0.15) is 11.9 Å². The van der Waals surface area contributed by atoms with E-state index in [1.807, 2.05) is 36.0 Å². The standard InChI is InChI=1S/C13H18O2S/c1-10(14)11-3-2-4-13(9-11)15-12-5-7-16-8-6-12/h2-4,9-10,12,14H,5-8H2,1H3. The summed E-state index contributed by atoms with van der Waals surface area (Å²) < 4.78 is 5.92. The van der Waals surface area contributed by atoms with Crippen LogP contribution in [0.2, 0.25) is 0 Å². The monoisotopic (exact) mass is 238 g/mol. The minimum Gasteiger partial charge on any atom is -0.490 e. The zero-order chi connectivity index (χ0) is 11.4. The Labute approximate surface area is 101 Å². The predicted molar refractivity (Wildman–Crippen MR) is 68.1 cm³/mol. The Morgan fingerprint density at radius 3 is 2.81 bits per heavy atom. The van der Waals surface area contributed by atoms with Crippen molar-refractivity contribution in [2.75, 3.05) is 11.5 Å². The second-order valence-electron chi connectivity index (χ2n) is 4.18. The molecule has 0 saturated carbocycles. The zero-order valence-corrected chi connectivity index (χ0v) is 10.4. The molecule has 0 aliphatic carbocycles. The topological polar surface area (TPSA) is 29.5 Å². The predicted octanol–water partition coefficient (Wildman–Crippen LogP) is 3.01. The Hall–Kier alpha value is -0.670. The SMILES string of the molecule is CC(O)c1cccc(OC2CCSCC2)c1. The molecule has 1 N–H and O–H groups in total. The first-order chi connectivity index (χ1) is 7.75. The van der Waals surface area contributed by atoms with Gasteiger partial charge in [-0.1, -0.05) is 12.1 Å². The molecule has 0 amide bonds. The molecule has 0 aromatic heterocycles. The van der Waals surface area contributed by atoms with E-state index >= 15 is 0 Å². The maximum atomic E-state index is 9.50. The summed E-state index contributed by atoms with van der Waals surface area (Å²) in [5, 5.41) is 9.50. The summed E-state index contributed by atoms with van der Waals surface area (Å²) >= 11 is 2.00. The van der Waals surface area contributed by atoms with E-state index in [1.165, 1.54) is 11.5 Å². The second-order valence-corrected chi connectivity index (χ2v) is 5.40. The molecule has 1 fully saturated rings. The van der Waals surface area contributed by atoms with Gasteiger partial charge in [-0.25, -0.2) is 0 Å². The Bertz CT molecular complexity index is 332. The van der Waals surface area contributed by atoms with Crippen molar-refractivity contribution in [1.29, 1.82) is 0 Å². The first kappa shape index (κ1) is 11.8. The summed E-state index contributed by atoms with van der Waals surface area (Å²) in [5.41, 5.74) is 0.919. The van der Waals surface area contributed by atoms with Gasteiger partial charge in [0.05, 0.1) is 6.10 Å². The maximum absolute atomic E-state index is 9.50. The van der Waals surface area contributed by atoms with Gasteiger partial charge in [0.2, 0.25) is 0 Å². The molecule has 2 rings (SSSR count). The Morgan fingerprint density at radius 2 is 2.12 bits per heavy atom. The number of thioether (sulfide) groups is 1. The lowest BCUT2D eigenvalue weighted by Gasteiger charge is -2.23. The van der Waals surface area contributed by atoms with Gasteiger partial charge in [-0.2, -0.15) is 11.8 Å². The van der Waals surface area contributed by atoms with E-state index in [1.54, 1.807) is 6.92 Å². The van der Waals surface area contributed by atoms with E-state index in [2.05, 4.69) is 0 Å². The van der Waals surface area contributed by atoms with Crippen LogP contribution in [0, 0.1) is 0 Å². The van der Waals surface area contributed by atoms with E-state index in [-0.39, 0.29) is 0 Å². The van der Waals surface area contributed by atoms with Crippen molar-refractivity contribution in [1.82, 2.24) is 0 Å². The lowest BCUT2D eigenvalue weighted by atomic mass is 10.1. The van der Waals surface area contributed by atoms with Crippen LogP contribution in [0.25, 0.3) is 0 Å². The molecule has 1 unspecified atom stereocenters. The number of aliphatic hydroxyl groups is 1. The van der Waals surface area contributed by atoms with Gasteiger partial charge in [0, 0.05) is 0 Å². The molecule has 0 spiro atoms. The highest BCUT2D eigenvalue weighted by Crippen LogP contribution is 2.24. The van der Waals surface area contributed by atoms with Crippen LogP contribution >= 0.6 is 11.8 Å². The van der Waals surface area contributed by atoms with E-state index < -0.39 is 6.10 Å². The minimum absolute atomic E-state index is 0.352. The van der Waals surface area contributed by atoms with Gasteiger partial charge < -0.3 is 9.84 Å². The fraction of sp³-hybridized carbons (Fsp3) is 0.538. The number of aliphatic hydroxyl groups excluding tert-OH is 1. The van der Waals surface area contributed by atoms with Gasteiger partial charge in [0.15, 0.2) is 0 Å². The molecule has 2 nitrogen and oxygen atoms in total. The Morgan fingerprint density at radius 1 is 1.38 bits per heavy atom. The molecule has 1 atom stereocenters. The summed E-state index contributed by atoms with van der Waals surface area (Å²) in [5.74, 6) is 3.27. The number of benzene rings is 1. The van der Waals surface area contributed by atoms with E-state index in [4.69, 9.17) is 4.74 Å². The molecule has 3 heteroatoms. The van der Waals surface area contributed by atoms with Gasteiger partial charge in [0.25, 0.3) is 0 Å². The normalized spacial score (nSPS) is 19.4. The van der Waals surface area contributed by atoms with Gasteiger partial charge in [-0.05, 0) is 49.0 Å². The highest BCUT2D eigenvalue weighted by Gasteiger charge is 2.15. The molecule has 1 heterocycles. The number of rotatable bonds is 3. The van der Waals surface area contributed by atoms with Crippen LogP contribution in [0.1, 0.15) is 31.4 Å². The van der Waals surface area contributed by atoms with Crippen LogP contribution in [0.4, 0.5) is 0 Å². The average Bonchev–Trinajstić information content (AvgIpc) is 2.30. The van der Waals surface area contributed by atoms with Gasteiger partial charge in [-0.3, -0.25) is 0 Å². The molecule has 0 bridgehead atoms. The van der Waals surface area contributed by atoms with E-state index in [0.717, 1.165) is 24.2 Å². The summed E-state index contributed by atoms with van der Waals surface area (Å²) in [7, 11) is 0. The number of hydrogen-bond donors (Lipinski definition) is 1. The van der Waals surface area contributed by atoms with Crippen LogP contribution < -0.4 is 4.74 Å². The summed E-state index contributed by atoms with van der Waals surface area (Å²) in [6.07, 6.45) is 2.18. The lowest BCUT2D eigenvalue weighted by molar-refractivity contribution is 0.186. The summed E-state index contributed by atoms with van der Waals surface area (Å²) in [4.78, 5) is 0. The summed E-state index contributed by atoms with van der Waals surface area (Å²) in [6, 6.07) is 7.77. The Balaban J connectivity index is 2.00. The third-order valence-electron chi connectivity index (χ3n) is 2.81. The smallest absolute Gasteiger partial charge is 0.120 e. The van der Waals surface area contributed by atoms with Gasteiger partial charge >= 0.3 is 0 Å². The van der Waals surface area contributed by atoms with Crippen LogP contribution in [0.3, 0.4) is 0 Å². The number of hydrogen-bond acceptors (Lipinski definition) is 3. The van der Waals surface area contributed by atoms with Crippen molar-refractivity contribution in [3.8, 4) is 5.75 Å². The summed E-state index contributed by atoms with van der Waals surface area (Å²) in [6.45, 7) is 1.77. The maximum Gasteiger partial charge on any atom is 0.120 e. The van der Waals surface area contributed by atoms with Crippen LogP contribution in [-0.2, 0) is 0 Å². The molecule has 88 valence electrons. The minimum atomic E-state index is -0.425. The molecule has 1 aromatic carbocycles. The highest BCUT2D eigenvalue weighted by atomic mass is 32.2. The quantitative estimate of drug-likeness (QED) is 0.877. The molecule has 1 saturated heterocycles. The van der Waals surface area contributed by atoms with Crippen LogP contribution in [0.5, 0.6) is 5.75 Å². The fourth-order valence-electron chi connectivity index (χ4n) is 1.83. The molecule has 1 aliphatic heterocycles. The lowest BCUT2D eigenvalue weighted by Crippen LogP contribution is -2.22. The van der Waals surface area contributed by atoms with Crippen LogP contribution in [0.15, 0.2) is 24.3 Å². The average molecular weight is 238 g/mol. The Kier molecular flexibility index (Phi) is 4.13. The van der Waals surface area contributed by atoms with Crippen molar-refractivity contribution in [3.05, 3.63) is 29.8 Å². The van der Waals surface area contributed by atoms with Crippen molar-refractivity contribution in [3.63, 3.8) is 0 Å². The largest absolute Gasteiger partial charge is 0.490 e. The van der Waals surface area contributed by atoms with Crippen molar-refractivity contribution >= 4 is 11.8 Å². The molecule has 0 radical (unpaired) electrons. The third-order valence-corrected chi connectivity index (χ3v) is 3.86. The number of ether oxygens (including phenoxy) is 1. The first-order valence-electron chi connectivity index (χ1n) is 5.78. The molecule has 16 heavy (non-hydrogen) atoms. The third kappa shape index (κ3) is 3.16. The molecular weight excluding hydrogens is 220 g/mol. The molecule has 1 aromatic rings. The van der Waals surface area contributed by atoms with E-state index in [0.29, 0.717) is 6.10 Å². The van der Waals surface area contributed by atoms with Crippen molar-refractivity contribution < 1.29 is 9.84 Å². The second kappa shape index (κ2) is 5.60. The zero-order valence-electron chi connectivity index (χ0n) is 9.56. The van der Waals surface area contributed by atoms with Gasteiger partial charge in [-0.15, -0.1) is 0 Å². The first-order valence-corrected chi connectivity index (χ1v) is 6.93.